The fraction of sp³-hybridized carbons (Fsp3) is 0.344. The van der Waals surface area contributed by atoms with E-state index in [0.717, 1.165) is 66.3 Å². The molecule has 8 heteroatoms. The molecule has 0 radical (unpaired) electrons. The van der Waals surface area contributed by atoms with Gasteiger partial charge in [0.2, 0.25) is 0 Å². The van der Waals surface area contributed by atoms with Gasteiger partial charge >= 0.3 is 5.97 Å². The van der Waals surface area contributed by atoms with Crippen molar-refractivity contribution in [3.63, 3.8) is 0 Å². The van der Waals surface area contributed by atoms with Crippen LogP contribution in [-0.4, -0.2) is 57.6 Å². The zero-order chi connectivity index (χ0) is 27.7. The summed E-state index contributed by atoms with van der Waals surface area (Å²) in [6, 6.07) is 18.3. The molecule has 1 N–H and O–H groups in total. The van der Waals surface area contributed by atoms with Gasteiger partial charge in [-0.15, -0.1) is 0 Å². The molecule has 0 spiro atoms. The molecule has 0 aliphatic carbocycles. The number of hydrogen-bond donors (Lipinski definition) is 1. The van der Waals surface area contributed by atoms with Crippen molar-refractivity contribution in [1.82, 2.24) is 14.6 Å². The Morgan fingerprint density at radius 1 is 1.05 bits per heavy atom. The van der Waals surface area contributed by atoms with Crippen LogP contribution in [-0.2, 0) is 16.0 Å². The van der Waals surface area contributed by atoms with Gasteiger partial charge in [0.25, 0.3) is 0 Å². The fourth-order valence-electron chi connectivity index (χ4n) is 5.64. The topological polar surface area (TPSA) is 89.2 Å². The van der Waals surface area contributed by atoms with Crippen LogP contribution in [0.5, 0.6) is 5.75 Å². The minimum Gasteiger partial charge on any atom is -0.493 e. The molecule has 0 saturated carbocycles. The van der Waals surface area contributed by atoms with Gasteiger partial charge in [-0.2, -0.15) is 9.61 Å². The molecule has 6 bridgehead atoms. The van der Waals surface area contributed by atoms with Crippen molar-refractivity contribution in [3.8, 4) is 28.1 Å². The third-order valence-corrected chi connectivity index (χ3v) is 7.92. The molecule has 3 aliphatic heterocycles. The van der Waals surface area contributed by atoms with Gasteiger partial charge in [-0.1, -0.05) is 48.6 Å². The molecule has 3 aliphatic rings. The summed E-state index contributed by atoms with van der Waals surface area (Å²) in [5.74, 6) is 0.761. The first-order valence-corrected chi connectivity index (χ1v) is 13.9. The molecule has 206 valence electrons. The lowest BCUT2D eigenvalue weighted by atomic mass is 9.93. The van der Waals surface area contributed by atoms with Crippen LogP contribution in [0.2, 0.25) is 0 Å². The Morgan fingerprint density at radius 2 is 1.85 bits per heavy atom. The fourth-order valence-corrected chi connectivity index (χ4v) is 5.64. The van der Waals surface area contributed by atoms with E-state index in [1.54, 1.807) is 0 Å². The van der Waals surface area contributed by atoms with E-state index in [9.17, 15) is 9.90 Å². The standard InChI is InChI=1S/C32H34N4O4/c1-22-26(20-30(37)38)31-35-15-13-32(2,14-16-35)40-18-7-3-6-17-39-28-12-5-4-11-25(28)23-9-8-10-24(19-23)27-21-29(33-22)36(31)34-27/h3-5,7-12,19,21H,6,13-18,20H2,1-2H3,(H,37,38)/b7-3-. The van der Waals surface area contributed by atoms with Gasteiger partial charge in [0, 0.05) is 41.5 Å². The Hall–Kier alpha value is -4.17. The number of nitrogens with zero attached hydrogens (tertiary/aromatic N) is 4. The van der Waals surface area contributed by atoms with E-state index in [-0.39, 0.29) is 12.0 Å². The third-order valence-electron chi connectivity index (χ3n) is 7.92. The Kier molecular flexibility index (Phi) is 7.02. The number of fused-ring (bicyclic) bond motifs is 7. The lowest BCUT2D eigenvalue weighted by Crippen LogP contribution is -2.45. The Bertz CT molecular complexity index is 1580. The number of aromatic nitrogens is 3. The summed E-state index contributed by atoms with van der Waals surface area (Å²) in [5.41, 5.74) is 5.66. The molecule has 5 heterocycles. The second-order valence-electron chi connectivity index (χ2n) is 10.8. The van der Waals surface area contributed by atoms with Crippen molar-refractivity contribution in [2.75, 3.05) is 31.2 Å². The van der Waals surface area contributed by atoms with E-state index in [0.29, 0.717) is 30.1 Å². The van der Waals surface area contributed by atoms with Crippen LogP contribution in [0.3, 0.4) is 0 Å². The number of rotatable bonds is 2. The molecule has 0 atom stereocenters. The first kappa shape index (κ1) is 26.1. The highest BCUT2D eigenvalue weighted by Crippen LogP contribution is 2.35. The highest BCUT2D eigenvalue weighted by molar-refractivity contribution is 5.78. The molecule has 0 unspecified atom stereocenters. The predicted molar refractivity (Wildman–Crippen MR) is 155 cm³/mol. The van der Waals surface area contributed by atoms with E-state index in [1.165, 1.54) is 0 Å². The normalized spacial score (nSPS) is 17.8. The van der Waals surface area contributed by atoms with E-state index in [2.05, 4.69) is 42.2 Å². The largest absolute Gasteiger partial charge is 0.493 e. The molecule has 2 aromatic carbocycles. The molecule has 7 rings (SSSR count). The monoisotopic (exact) mass is 538 g/mol. The summed E-state index contributed by atoms with van der Waals surface area (Å²) in [6.07, 6.45) is 6.52. The lowest BCUT2D eigenvalue weighted by Gasteiger charge is -2.40. The molecule has 8 nitrogen and oxygen atoms in total. The number of hydrogen-bond acceptors (Lipinski definition) is 6. The first-order valence-electron chi connectivity index (χ1n) is 13.9. The summed E-state index contributed by atoms with van der Waals surface area (Å²) in [6.45, 7) is 6.65. The summed E-state index contributed by atoms with van der Waals surface area (Å²) in [5, 5.41) is 14.8. The third kappa shape index (κ3) is 5.19. The van der Waals surface area contributed by atoms with Gasteiger partial charge in [-0.3, -0.25) is 4.79 Å². The van der Waals surface area contributed by atoms with Crippen LogP contribution in [0.1, 0.15) is 37.4 Å². The molecule has 1 fully saturated rings. The zero-order valence-corrected chi connectivity index (χ0v) is 23.0. The number of para-hydroxylation sites is 1. The number of carboxylic acids is 1. The van der Waals surface area contributed by atoms with Crippen LogP contribution < -0.4 is 9.64 Å². The number of aliphatic carboxylic acids is 1. The van der Waals surface area contributed by atoms with Crippen molar-refractivity contribution in [2.45, 2.75) is 45.1 Å². The van der Waals surface area contributed by atoms with Crippen molar-refractivity contribution >= 4 is 17.4 Å². The molecule has 40 heavy (non-hydrogen) atoms. The highest BCUT2D eigenvalue weighted by Gasteiger charge is 2.33. The molecular formula is C32H34N4O4. The minimum absolute atomic E-state index is 0.110. The summed E-state index contributed by atoms with van der Waals surface area (Å²) in [7, 11) is 0. The molecule has 4 aromatic rings. The number of carboxylic acid groups (broad SMARTS) is 1. The SMILES string of the molecule is Cc1nc2cc3nn2c(c1CC(=O)O)N1CCC(C)(CC1)OC/C=C\CCOc1ccccc1-c1cccc-3c1. The van der Waals surface area contributed by atoms with Gasteiger partial charge in [0.1, 0.15) is 11.6 Å². The molecule has 2 aromatic heterocycles. The number of ether oxygens (including phenoxy) is 2. The maximum atomic E-state index is 11.9. The van der Waals surface area contributed by atoms with Crippen LogP contribution >= 0.6 is 0 Å². The Morgan fingerprint density at radius 3 is 2.67 bits per heavy atom. The minimum atomic E-state index is -0.884. The van der Waals surface area contributed by atoms with Crippen molar-refractivity contribution in [1.29, 1.82) is 0 Å². The molecule has 0 amide bonds. The van der Waals surface area contributed by atoms with E-state index < -0.39 is 5.97 Å². The van der Waals surface area contributed by atoms with Crippen LogP contribution in [0, 0.1) is 6.92 Å². The number of aryl methyl sites for hydroxylation is 1. The van der Waals surface area contributed by atoms with Gasteiger partial charge in [-0.05, 0) is 50.8 Å². The first-order chi connectivity index (χ1) is 19.4. The van der Waals surface area contributed by atoms with Crippen molar-refractivity contribution < 1.29 is 19.4 Å². The zero-order valence-electron chi connectivity index (χ0n) is 23.0. The van der Waals surface area contributed by atoms with Crippen LogP contribution in [0.25, 0.3) is 28.0 Å². The van der Waals surface area contributed by atoms with Gasteiger partial charge < -0.3 is 19.5 Å². The maximum absolute atomic E-state index is 11.9. The number of anilines is 1. The number of benzene rings is 2. The Balaban J connectivity index is 1.50. The average molecular weight is 539 g/mol. The second-order valence-corrected chi connectivity index (χ2v) is 10.8. The smallest absolute Gasteiger partial charge is 0.308 e. The van der Waals surface area contributed by atoms with Crippen LogP contribution in [0.15, 0.2) is 66.7 Å². The Labute approximate surface area is 233 Å². The molecule has 1 saturated heterocycles. The molecular weight excluding hydrogens is 504 g/mol. The van der Waals surface area contributed by atoms with Gasteiger partial charge in [0.15, 0.2) is 5.65 Å². The second kappa shape index (κ2) is 10.8. The predicted octanol–water partition coefficient (Wildman–Crippen LogP) is 5.71. The van der Waals surface area contributed by atoms with Crippen molar-refractivity contribution in [3.05, 3.63) is 78.0 Å². The number of piperidine rings is 1. The highest BCUT2D eigenvalue weighted by atomic mass is 16.5. The maximum Gasteiger partial charge on any atom is 0.308 e. The van der Waals surface area contributed by atoms with E-state index in [1.807, 2.05) is 47.8 Å². The summed E-state index contributed by atoms with van der Waals surface area (Å²) in [4.78, 5) is 18.9. The van der Waals surface area contributed by atoms with Crippen molar-refractivity contribution in [2.24, 2.45) is 0 Å². The van der Waals surface area contributed by atoms with Gasteiger partial charge in [0.05, 0.1) is 30.9 Å². The quantitative estimate of drug-likeness (QED) is 0.327. The summed E-state index contributed by atoms with van der Waals surface area (Å²) < 4.78 is 14.3. The average Bonchev–Trinajstić information content (AvgIpc) is 3.37. The number of carbonyl (C=O) groups is 1. The van der Waals surface area contributed by atoms with Gasteiger partial charge in [-0.25, -0.2) is 4.98 Å². The van der Waals surface area contributed by atoms with E-state index >= 15 is 0 Å². The summed E-state index contributed by atoms with van der Waals surface area (Å²) >= 11 is 0. The lowest BCUT2D eigenvalue weighted by molar-refractivity contribution is -0.136. The van der Waals surface area contributed by atoms with Crippen LogP contribution in [0.4, 0.5) is 5.82 Å². The van der Waals surface area contributed by atoms with E-state index in [4.69, 9.17) is 19.6 Å².